The van der Waals surface area contributed by atoms with E-state index in [1.54, 1.807) is 78.9 Å². The van der Waals surface area contributed by atoms with Crippen molar-refractivity contribution >= 4 is 48.7 Å². The fraction of sp³-hybridized carbons (Fsp3) is 0.325. The number of aliphatic hydroxyl groups excluding tert-OH is 1. The molecule has 0 aromatic heterocycles. The lowest BCUT2D eigenvalue weighted by atomic mass is 9.76. The molecule has 294 valence electrons. The summed E-state index contributed by atoms with van der Waals surface area (Å²) in [7, 11) is -4.70. The lowest BCUT2D eigenvalue weighted by Gasteiger charge is -2.52. The smallest absolute Gasteiger partial charge is 0.445 e. The Labute approximate surface area is 335 Å². The molecule has 0 aliphatic carbocycles. The number of alkyl halides is 3. The van der Waals surface area contributed by atoms with Crippen LogP contribution in [0.5, 0.6) is 0 Å². The van der Waals surface area contributed by atoms with Crippen molar-refractivity contribution in [2.45, 2.75) is 66.1 Å². The summed E-state index contributed by atoms with van der Waals surface area (Å²) in [5.41, 5.74) is 0.319. The molecular formula is C40H43Cl3NO10P. The average Bonchev–Trinajstić information content (AvgIpc) is 3.18. The topological polar surface area (TPSA) is 142 Å². The first-order chi connectivity index (χ1) is 26.4. The van der Waals surface area contributed by atoms with E-state index in [2.05, 4.69) is 11.9 Å². The van der Waals surface area contributed by atoms with Crippen molar-refractivity contribution in [2.24, 2.45) is 0 Å². The number of amides is 1. The fourth-order valence-corrected chi connectivity index (χ4v) is 7.61. The Morgan fingerprint density at radius 1 is 0.855 bits per heavy atom. The largest absolute Gasteiger partial charge is 0.475 e. The highest BCUT2D eigenvalue weighted by molar-refractivity contribution is 7.48. The van der Waals surface area contributed by atoms with Crippen molar-refractivity contribution in [3.8, 4) is 0 Å². The molecule has 0 radical (unpaired) electrons. The minimum absolute atomic E-state index is 0.0182. The number of nitrogens with one attached hydrogen (secondary N) is 1. The van der Waals surface area contributed by atoms with Crippen LogP contribution in [0.1, 0.15) is 22.3 Å². The zero-order valence-corrected chi connectivity index (χ0v) is 32.9. The summed E-state index contributed by atoms with van der Waals surface area (Å²) in [6.07, 6.45) is -5.96. The number of carbonyl (C=O) groups excluding carboxylic acids is 1. The maximum Gasteiger partial charge on any atom is 0.475 e. The summed E-state index contributed by atoms with van der Waals surface area (Å²) in [4.78, 5) is 13.3. The monoisotopic (exact) mass is 833 g/mol. The van der Waals surface area contributed by atoms with E-state index in [1.165, 1.54) is 6.08 Å². The van der Waals surface area contributed by atoms with Gasteiger partial charge in [-0.15, -0.1) is 6.58 Å². The van der Waals surface area contributed by atoms with E-state index >= 15 is 0 Å². The molecule has 15 heteroatoms. The lowest BCUT2D eigenvalue weighted by Crippen LogP contribution is -2.74. The first-order valence-corrected chi connectivity index (χ1v) is 20.0. The van der Waals surface area contributed by atoms with E-state index in [0.717, 1.165) is 5.56 Å². The first kappa shape index (κ1) is 42.8. The predicted octanol–water partition coefficient (Wildman–Crippen LogP) is 7.88. The minimum Gasteiger partial charge on any atom is -0.445 e. The van der Waals surface area contributed by atoms with Gasteiger partial charge >= 0.3 is 13.9 Å². The normalized spacial score (nSPS) is 22.1. The molecule has 1 unspecified atom stereocenters. The number of benzene rings is 4. The Morgan fingerprint density at radius 2 is 1.35 bits per heavy atom. The van der Waals surface area contributed by atoms with E-state index in [4.69, 9.17) is 62.6 Å². The van der Waals surface area contributed by atoms with Crippen molar-refractivity contribution in [1.82, 2.24) is 5.32 Å². The van der Waals surface area contributed by atoms with Gasteiger partial charge in [-0.05, 0) is 22.3 Å². The number of phosphoric acid groups is 1. The molecule has 0 saturated carbocycles. The maximum atomic E-state index is 15.0. The summed E-state index contributed by atoms with van der Waals surface area (Å²) < 4.78 is 49.0. The number of ether oxygens (including phenoxy) is 3. The Kier molecular flexibility index (Phi) is 15.8. The van der Waals surface area contributed by atoms with E-state index in [1.807, 2.05) is 42.5 Å². The van der Waals surface area contributed by atoms with E-state index in [9.17, 15) is 19.6 Å². The van der Waals surface area contributed by atoms with Crippen molar-refractivity contribution in [3.05, 3.63) is 156 Å². The van der Waals surface area contributed by atoms with Crippen LogP contribution in [0.2, 0.25) is 0 Å². The molecule has 55 heavy (non-hydrogen) atoms. The fourth-order valence-electron chi connectivity index (χ4n) is 6.05. The number of alkyl carbamates (subject to hydrolysis) is 1. The molecule has 1 fully saturated rings. The van der Waals surface area contributed by atoms with Gasteiger partial charge in [-0.1, -0.05) is 162 Å². The third kappa shape index (κ3) is 12.9. The van der Waals surface area contributed by atoms with Gasteiger partial charge in [-0.3, -0.25) is 13.6 Å². The number of rotatable bonds is 18. The molecule has 5 rings (SSSR count). The van der Waals surface area contributed by atoms with Crippen molar-refractivity contribution in [3.63, 3.8) is 0 Å². The van der Waals surface area contributed by atoms with Gasteiger partial charge in [0.2, 0.25) is 3.79 Å². The van der Waals surface area contributed by atoms with Gasteiger partial charge in [-0.2, -0.15) is 0 Å². The lowest BCUT2D eigenvalue weighted by molar-refractivity contribution is -0.304. The quantitative estimate of drug-likeness (QED) is 0.0515. The number of aliphatic hydroxyl groups is 2. The standard InChI is InChI=1S/C40H43Cl3NO10P/c1-2-23-49-37-35(44-38(46)50-28-40(41,42)43)39(47,25-30-17-9-4-10-18-30)36(34(53-37)33(45)24-29-15-7-3-8-16-29)54-55(48,51-26-31-19-11-5-12-20-31)52-27-32-21-13-6-14-22-32/h2-22,33-37,45,47H,1,23-28H2,(H,44,46)/t33?,34-,35-,36-,37+,39-/m1/s1. The molecule has 6 atom stereocenters. The van der Waals surface area contributed by atoms with Crippen LogP contribution in [-0.4, -0.2) is 69.6 Å². The molecule has 1 heterocycles. The number of halogens is 3. The Hall–Kier alpha value is -3.29. The average molecular weight is 835 g/mol. The SMILES string of the molecule is C=CCO[C@H]1O[C@H](C(O)Cc2ccccc2)[C@@H](OP(=O)(OCc2ccccc2)OCc2ccccc2)[C@@](O)(Cc2ccccc2)[C@@H]1NC(=O)OCC(Cl)(Cl)Cl. The Morgan fingerprint density at radius 3 is 1.84 bits per heavy atom. The molecule has 3 N–H and O–H groups in total. The van der Waals surface area contributed by atoms with Crippen LogP contribution in [-0.2, 0) is 58.4 Å². The van der Waals surface area contributed by atoms with Crippen LogP contribution in [0.25, 0.3) is 0 Å². The third-order valence-electron chi connectivity index (χ3n) is 8.62. The Balaban J connectivity index is 1.61. The highest BCUT2D eigenvalue weighted by atomic mass is 35.6. The van der Waals surface area contributed by atoms with Crippen LogP contribution in [0.3, 0.4) is 0 Å². The molecule has 4 aromatic carbocycles. The van der Waals surface area contributed by atoms with E-state index in [0.29, 0.717) is 16.7 Å². The highest BCUT2D eigenvalue weighted by Crippen LogP contribution is 2.55. The third-order valence-corrected chi connectivity index (χ3v) is 10.3. The summed E-state index contributed by atoms with van der Waals surface area (Å²) in [6.45, 7) is 2.57. The molecule has 1 aliphatic heterocycles. The van der Waals surface area contributed by atoms with Gasteiger partial charge in [-0.25, -0.2) is 9.36 Å². The zero-order valence-electron chi connectivity index (χ0n) is 29.7. The zero-order chi connectivity index (χ0) is 39.3. The molecular weight excluding hydrogens is 792 g/mol. The summed E-state index contributed by atoms with van der Waals surface area (Å²) in [6, 6.07) is 34.2. The highest BCUT2D eigenvalue weighted by Gasteiger charge is 2.61. The minimum atomic E-state index is -4.70. The van der Waals surface area contributed by atoms with Gasteiger partial charge in [0.25, 0.3) is 0 Å². The molecule has 4 aromatic rings. The number of phosphoric ester groups is 1. The molecule has 1 amide bonds. The van der Waals surface area contributed by atoms with Gasteiger partial charge in [0.1, 0.15) is 30.5 Å². The van der Waals surface area contributed by atoms with Crippen LogP contribution in [0.4, 0.5) is 4.79 Å². The van der Waals surface area contributed by atoms with Gasteiger partial charge in [0, 0.05) is 12.8 Å². The summed E-state index contributed by atoms with van der Waals surface area (Å²) in [5, 5.41) is 27.8. The first-order valence-electron chi connectivity index (χ1n) is 17.4. The summed E-state index contributed by atoms with van der Waals surface area (Å²) in [5.74, 6) is 0. The van der Waals surface area contributed by atoms with E-state index in [-0.39, 0.29) is 32.7 Å². The van der Waals surface area contributed by atoms with Crippen molar-refractivity contribution in [1.29, 1.82) is 0 Å². The Bertz CT molecular complexity index is 1780. The second kappa shape index (κ2) is 20.2. The molecule has 1 aliphatic rings. The van der Waals surface area contributed by atoms with Gasteiger partial charge in [0.15, 0.2) is 6.29 Å². The van der Waals surface area contributed by atoms with Crippen LogP contribution < -0.4 is 5.32 Å². The van der Waals surface area contributed by atoms with E-state index < -0.39 is 60.6 Å². The van der Waals surface area contributed by atoms with Crippen LogP contribution >= 0.6 is 42.6 Å². The predicted molar refractivity (Wildman–Crippen MR) is 210 cm³/mol. The number of carbonyl (C=O) groups is 1. The second-order valence-electron chi connectivity index (χ2n) is 12.8. The molecule has 0 bridgehead atoms. The van der Waals surface area contributed by atoms with Crippen molar-refractivity contribution in [2.75, 3.05) is 13.2 Å². The van der Waals surface area contributed by atoms with Crippen LogP contribution in [0, 0.1) is 0 Å². The van der Waals surface area contributed by atoms with Gasteiger partial charge in [0.05, 0.1) is 25.9 Å². The molecule has 0 spiro atoms. The molecule has 11 nitrogen and oxygen atoms in total. The maximum absolute atomic E-state index is 15.0. The van der Waals surface area contributed by atoms with Crippen LogP contribution in [0.15, 0.2) is 134 Å². The number of hydrogen-bond acceptors (Lipinski definition) is 10. The second-order valence-corrected chi connectivity index (χ2v) is 16.9. The van der Waals surface area contributed by atoms with Crippen molar-refractivity contribution < 1.29 is 47.4 Å². The van der Waals surface area contributed by atoms with Gasteiger partial charge < -0.3 is 29.7 Å². The number of hydrogen-bond donors (Lipinski definition) is 3. The molecule has 1 saturated heterocycles. The summed E-state index contributed by atoms with van der Waals surface area (Å²) >= 11 is 17.6.